The lowest BCUT2D eigenvalue weighted by molar-refractivity contribution is 0.182. The largest absolute Gasteiger partial charge is 0.497 e. The minimum Gasteiger partial charge on any atom is -0.497 e. The summed E-state index contributed by atoms with van der Waals surface area (Å²) in [6, 6.07) is 7.23. The van der Waals surface area contributed by atoms with Gasteiger partial charge in [-0.15, -0.1) is 0 Å². The fourth-order valence-corrected chi connectivity index (χ4v) is 5.24. The van der Waals surface area contributed by atoms with Crippen LogP contribution < -0.4 is 10.1 Å². The summed E-state index contributed by atoms with van der Waals surface area (Å²) in [6.07, 6.45) is 1.62. The summed E-state index contributed by atoms with van der Waals surface area (Å²) in [4.78, 5) is 8.45. The van der Waals surface area contributed by atoms with Crippen molar-refractivity contribution in [2.75, 3.05) is 48.0 Å². The smallest absolute Gasteiger partial charge is 0.228 e. The number of nitrogens with one attached hydrogen (secondary N) is 1. The highest BCUT2D eigenvalue weighted by Crippen LogP contribution is 2.21. The van der Waals surface area contributed by atoms with Crippen LogP contribution in [0.3, 0.4) is 0 Å². The summed E-state index contributed by atoms with van der Waals surface area (Å²) in [5.41, 5.74) is 1.39. The van der Waals surface area contributed by atoms with Gasteiger partial charge < -0.3 is 29.2 Å². The summed E-state index contributed by atoms with van der Waals surface area (Å²) >= 11 is 5.64. The third-order valence-electron chi connectivity index (χ3n) is 5.06. The van der Waals surface area contributed by atoms with Crippen LogP contribution in [0.1, 0.15) is 25.1 Å². The van der Waals surface area contributed by atoms with Crippen molar-refractivity contribution in [2.24, 2.45) is 0 Å². The molecule has 9 nitrogen and oxygen atoms in total. The van der Waals surface area contributed by atoms with E-state index in [0.29, 0.717) is 42.7 Å². The fraction of sp³-hybridized carbons (Fsp3) is 0.565. The third kappa shape index (κ3) is 8.23. The van der Waals surface area contributed by atoms with Gasteiger partial charge in [0.25, 0.3) is 0 Å². The van der Waals surface area contributed by atoms with Crippen molar-refractivity contribution in [2.45, 2.75) is 43.9 Å². The number of likely N-dealkylation sites (N-methyl/N-ethyl adjacent to an activating group) is 1. The average Bonchev–Trinajstić information content (AvgIpc) is 3.17. The first-order valence-electron chi connectivity index (χ1n) is 11.2. The zero-order valence-electron chi connectivity index (χ0n) is 20.9. The Balaban J connectivity index is 2.37. The van der Waals surface area contributed by atoms with E-state index in [1.807, 2.05) is 32.8 Å². The molecule has 0 amide bonds. The summed E-state index contributed by atoms with van der Waals surface area (Å²) in [6.45, 7) is 6.70. The number of aromatic nitrogens is 2. The maximum Gasteiger partial charge on any atom is 0.228 e. The highest BCUT2D eigenvalue weighted by Gasteiger charge is 2.25. The second-order valence-corrected chi connectivity index (χ2v) is 10.9. The molecule has 2 rings (SSSR count). The molecule has 11 heteroatoms. The molecule has 0 saturated heterocycles. The standard InChI is InChI=1S/C23H37N5O4S2/c1-18(2)25-22(33)27(11-10-26(3)4)16-20-15-24-23(28(20)12-13-31-5)34(29,30)17-19-8-7-9-21(14-19)32-6/h7-9,14-15,18H,10-13,16-17H2,1-6H3,(H,25,33). The summed E-state index contributed by atoms with van der Waals surface area (Å²) in [5.74, 6) is 0.435. The SMILES string of the molecule is COCCn1c(CN(CCN(C)C)C(=S)NC(C)C)cnc1S(=O)(=O)Cc1cccc(OC)c1. The molecule has 0 aliphatic heterocycles. The Labute approximate surface area is 209 Å². The molecule has 1 N–H and O–H groups in total. The number of nitrogens with zero attached hydrogens (tertiary/aromatic N) is 4. The number of sulfone groups is 1. The predicted molar refractivity (Wildman–Crippen MR) is 138 cm³/mol. The third-order valence-corrected chi connectivity index (χ3v) is 7.03. The molecule has 0 atom stereocenters. The van der Waals surface area contributed by atoms with Crippen molar-refractivity contribution in [1.82, 2.24) is 24.7 Å². The van der Waals surface area contributed by atoms with Crippen LogP contribution in [0.4, 0.5) is 0 Å². The van der Waals surface area contributed by atoms with Crippen LogP contribution >= 0.6 is 12.2 Å². The van der Waals surface area contributed by atoms with Crippen LogP contribution in [0.5, 0.6) is 5.75 Å². The number of thiocarbonyl (C=S) groups is 1. The molecule has 0 aliphatic rings. The minimum atomic E-state index is -3.71. The molecule has 1 aromatic carbocycles. The molecule has 0 spiro atoms. The predicted octanol–water partition coefficient (Wildman–Crippen LogP) is 2.16. The molecule has 0 aliphatic carbocycles. The monoisotopic (exact) mass is 511 g/mol. The molecule has 0 unspecified atom stereocenters. The lowest BCUT2D eigenvalue weighted by Gasteiger charge is -2.28. The zero-order chi connectivity index (χ0) is 25.3. The Morgan fingerprint density at radius 2 is 1.97 bits per heavy atom. The molecule has 190 valence electrons. The Hall–Kier alpha value is -2.21. The molecule has 0 radical (unpaired) electrons. The van der Waals surface area contributed by atoms with Gasteiger partial charge in [0.05, 0.1) is 37.9 Å². The van der Waals surface area contributed by atoms with E-state index < -0.39 is 9.84 Å². The molecular weight excluding hydrogens is 474 g/mol. The molecule has 34 heavy (non-hydrogen) atoms. The van der Waals surface area contributed by atoms with Gasteiger partial charge in [-0.05, 0) is 57.9 Å². The first-order valence-corrected chi connectivity index (χ1v) is 13.2. The number of hydrogen-bond acceptors (Lipinski definition) is 7. The summed E-state index contributed by atoms with van der Waals surface area (Å²) < 4.78 is 38.9. The van der Waals surface area contributed by atoms with Gasteiger partial charge in [0.1, 0.15) is 5.75 Å². The van der Waals surface area contributed by atoms with Crippen molar-refractivity contribution >= 4 is 27.2 Å². The first-order chi connectivity index (χ1) is 16.1. The number of ether oxygens (including phenoxy) is 2. The van der Waals surface area contributed by atoms with E-state index in [1.54, 1.807) is 49.2 Å². The topological polar surface area (TPSA) is 88.9 Å². The van der Waals surface area contributed by atoms with E-state index in [1.165, 1.54) is 0 Å². The maximum absolute atomic E-state index is 13.4. The van der Waals surface area contributed by atoms with Gasteiger partial charge in [-0.25, -0.2) is 13.4 Å². The van der Waals surface area contributed by atoms with Crippen molar-refractivity contribution in [3.63, 3.8) is 0 Å². The van der Waals surface area contributed by atoms with E-state index in [-0.39, 0.29) is 17.0 Å². The van der Waals surface area contributed by atoms with Crippen LogP contribution in [0.25, 0.3) is 0 Å². The van der Waals surface area contributed by atoms with E-state index in [4.69, 9.17) is 21.7 Å². The Bertz CT molecular complexity index is 1040. The Morgan fingerprint density at radius 3 is 2.59 bits per heavy atom. The van der Waals surface area contributed by atoms with Gasteiger partial charge in [0.2, 0.25) is 15.0 Å². The minimum absolute atomic E-state index is 0.0256. The van der Waals surface area contributed by atoms with Crippen LogP contribution in [0, 0.1) is 0 Å². The van der Waals surface area contributed by atoms with E-state index in [9.17, 15) is 8.42 Å². The van der Waals surface area contributed by atoms with E-state index in [0.717, 1.165) is 12.2 Å². The summed E-state index contributed by atoms with van der Waals surface area (Å²) in [7, 11) is 3.44. The van der Waals surface area contributed by atoms with Crippen LogP contribution in [0.15, 0.2) is 35.6 Å². The molecular formula is C23H37N5O4S2. The highest BCUT2D eigenvalue weighted by atomic mass is 32.2. The van der Waals surface area contributed by atoms with Crippen LogP contribution in [0.2, 0.25) is 0 Å². The van der Waals surface area contributed by atoms with Gasteiger partial charge in [-0.1, -0.05) is 12.1 Å². The van der Waals surface area contributed by atoms with E-state index in [2.05, 4.69) is 15.2 Å². The highest BCUT2D eigenvalue weighted by molar-refractivity contribution is 7.90. The molecule has 2 aromatic rings. The molecule has 0 bridgehead atoms. The Kier molecular flexibility index (Phi) is 10.7. The lowest BCUT2D eigenvalue weighted by atomic mass is 10.2. The fourth-order valence-electron chi connectivity index (χ4n) is 3.34. The van der Waals surface area contributed by atoms with Crippen LogP contribution in [-0.2, 0) is 33.4 Å². The van der Waals surface area contributed by atoms with Crippen LogP contribution in [-0.4, -0.2) is 86.9 Å². The van der Waals surface area contributed by atoms with Gasteiger partial charge in [0, 0.05) is 32.8 Å². The zero-order valence-corrected chi connectivity index (χ0v) is 22.6. The van der Waals surface area contributed by atoms with Crippen molar-refractivity contribution in [3.05, 3.63) is 41.7 Å². The molecule has 1 heterocycles. The van der Waals surface area contributed by atoms with E-state index >= 15 is 0 Å². The van der Waals surface area contributed by atoms with Crippen molar-refractivity contribution < 1.29 is 17.9 Å². The first kappa shape index (κ1) is 28.0. The number of rotatable bonds is 13. The van der Waals surface area contributed by atoms with Crippen molar-refractivity contribution in [1.29, 1.82) is 0 Å². The number of imidazole rings is 1. The molecule has 0 saturated carbocycles. The van der Waals surface area contributed by atoms with Gasteiger partial charge >= 0.3 is 0 Å². The number of hydrogen-bond donors (Lipinski definition) is 1. The second-order valence-electron chi connectivity index (χ2n) is 8.62. The van der Waals surface area contributed by atoms with Gasteiger partial charge in [0.15, 0.2) is 5.11 Å². The second kappa shape index (κ2) is 13.0. The normalized spacial score (nSPS) is 11.8. The number of methoxy groups -OCH3 is 2. The quantitative estimate of drug-likeness (QED) is 0.406. The Morgan fingerprint density at radius 1 is 1.24 bits per heavy atom. The van der Waals surface area contributed by atoms with Gasteiger partial charge in [-0.3, -0.25) is 0 Å². The molecule has 0 fully saturated rings. The van der Waals surface area contributed by atoms with Gasteiger partial charge in [-0.2, -0.15) is 0 Å². The summed E-state index contributed by atoms with van der Waals surface area (Å²) in [5, 5.41) is 3.93. The lowest BCUT2D eigenvalue weighted by Crippen LogP contribution is -2.45. The molecule has 1 aromatic heterocycles. The van der Waals surface area contributed by atoms with Crippen molar-refractivity contribution in [3.8, 4) is 5.75 Å². The average molecular weight is 512 g/mol. The maximum atomic E-state index is 13.4. The number of benzene rings is 1.